The third-order valence-electron chi connectivity index (χ3n) is 3.59. The standard InChI is InChI=1S/C18H21N3O5S/c1-3-26-18(23)15-6-4-5-7-16(15)21(27(2,24)25)13-17(22)20-12-14-8-10-19-11-9-14/h4-11H,3,12-13H2,1-2H3,(H,20,22). The molecule has 2 rings (SSSR count). The van der Waals surface area contributed by atoms with Gasteiger partial charge in [0.2, 0.25) is 15.9 Å². The quantitative estimate of drug-likeness (QED) is 0.681. The summed E-state index contributed by atoms with van der Waals surface area (Å²) in [6, 6.07) is 9.59. The monoisotopic (exact) mass is 391 g/mol. The molecule has 0 atom stereocenters. The Labute approximate surface area is 158 Å². The number of benzene rings is 1. The van der Waals surface area contributed by atoms with E-state index in [-0.39, 0.29) is 24.4 Å². The molecule has 0 fully saturated rings. The highest BCUT2D eigenvalue weighted by molar-refractivity contribution is 7.92. The van der Waals surface area contributed by atoms with Gasteiger partial charge in [0.15, 0.2) is 0 Å². The fraction of sp³-hybridized carbons (Fsp3) is 0.278. The third kappa shape index (κ3) is 5.78. The fourth-order valence-corrected chi connectivity index (χ4v) is 3.21. The lowest BCUT2D eigenvalue weighted by molar-refractivity contribution is -0.119. The molecular formula is C18H21N3O5S. The molecule has 9 heteroatoms. The van der Waals surface area contributed by atoms with Gasteiger partial charge < -0.3 is 10.1 Å². The molecule has 0 saturated carbocycles. The van der Waals surface area contributed by atoms with Crippen LogP contribution >= 0.6 is 0 Å². The lowest BCUT2D eigenvalue weighted by Gasteiger charge is -2.23. The van der Waals surface area contributed by atoms with Crippen molar-refractivity contribution in [2.75, 3.05) is 23.7 Å². The van der Waals surface area contributed by atoms with E-state index in [9.17, 15) is 18.0 Å². The average molecular weight is 391 g/mol. The van der Waals surface area contributed by atoms with Crippen molar-refractivity contribution in [3.8, 4) is 0 Å². The third-order valence-corrected chi connectivity index (χ3v) is 4.72. The molecule has 0 saturated heterocycles. The van der Waals surface area contributed by atoms with Gasteiger partial charge in [0.25, 0.3) is 0 Å². The second kappa shape index (κ2) is 9.13. The summed E-state index contributed by atoms with van der Waals surface area (Å²) in [6.45, 7) is 1.58. The van der Waals surface area contributed by atoms with Crippen molar-refractivity contribution in [1.29, 1.82) is 0 Å². The van der Waals surface area contributed by atoms with E-state index in [1.165, 1.54) is 12.1 Å². The van der Waals surface area contributed by atoms with E-state index in [0.717, 1.165) is 16.1 Å². The van der Waals surface area contributed by atoms with Crippen molar-refractivity contribution in [2.24, 2.45) is 0 Å². The summed E-state index contributed by atoms with van der Waals surface area (Å²) in [4.78, 5) is 28.3. The number of nitrogens with zero attached hydrogens (tertiary/aromatic N) is 2. The molecule has 0 radical (unpaired) electrons. The van der Waals surface area contributed by atoms with Gasteiger partial charge in [-0.15, -0.1) is 0 Å². The summed E-state index contributed by atoms with van der Waals surface area (Å²) in [5, 5.41) is 2.66. The molecule has 1 aromatic heterocycles. The molecule has 27 heavy (non-hydrogen) atoms. The van der Waals surface area contributed by atoms with Gasteiger partial charge in [0.1, 0.15) is 6.54 Å². The molecule has 8 nitrogen and oxygen atoms in total. The first-order valence-corrected chi connectivity index (χ1v) is 10.1. The summed E-state index contributed by atoms with van der Waals surface area (Å²) >= 11 is 0. The second-order valence-corrected chi connectivity index (χ2v) is 7.55. The molecule has 1 N–H and O–H groups in total. The van der Waals surface area contributed by atoms with E-state index in [4.69, 9.17) is 4.74 Å². The maximum atomic E-state index is 12.3. The Hall–Kier alpha value is -2.94. The van der Waals surface area contributed by atoms with Gasteiger partial charge in [-0.05, 0) is 36.8 Å². The molecule has 0 aliphatic heterocycles. The molecule has 1 heterocycles. The highest BCUT2D eigenvalue weighted by atomic mass is 32.2. The van der Waals surface area contributed by atoms with Crippen molar-refractivity contribution in [2.45, 2.75) is 13.5 Å². The van der Waals surface area contributed by atoms with E-state index in [1.807, 2.05) is 0 Å². The highest BCUT2D eigenvalue weighted by Crippen LogP contribution is 2.23. The Morgan fingerprint density at radius 1 is 1.15 bits per heavy atom. The van der Waals surface area contributed by atoms with Crippen LogP contribution in [0.4, 0.5) is 5.69 Å². The van der Waals surface area contributed by atoms with Crippen LogP contribution < -0.4 is 9.62 Å². The first-order chi connectivity index (χ1) is 12.8. The predicted molar refractivity (Wildman–Crippen MR) is 101 cm³/mol. The van der Waals surface area contributed by atoms with Gasteiger partial charge in [0, 0.05) is 18.9 Å². The zero-order valence-corrected chi connectivity index (χ0v) is 15.9. The molecule has 1 amide bonds. The molecule has 0 unspecified atom stereocenters. The number of nitrogens with one attached hydrogen (secondary N) is 1. The maximum absolute atomic E-state index is 12.3. The molecule has 0 bridgehead atoms. The van der Waals surface area contributed by atoms with E-state index < -0.39 is 28.4 Å². The van der Waals surface area contributed by atoms with Crippen molar-refractivity contribution in [3.63, 3.8) is 0 Å². The first kappa shape index (κ1) is 20.4. The first-order valence-electron chi connectivity index (χ1n) is 8.22. The highest BCUT2D eigenvalue weighted by Gasteiger charge is 2.25. The van der Waals surface area contributed by atoms with Crippen LogP contribution in [0.2, 0.25) is 0 Å². The zero-order valence-electron chi connectivity index (χ0n) is 15.1. The van der Waals surface area contributed by atoms with Crippen LogP contribution in [0, 0.1) is 0 Å². The number of ether oxygens (including phenoxy) is 1. The molecule has 0 aliphatic rings. The molecule has 2 aromatic rings. The van der Waals surface area contributed by atoms with Crippen LogP contribution in [-0.2, 0) is 26.1 Å². The topological polar surface area (TPSA) is 106 Å². The molecule has 144 valence electrons. The number of pyridine rings is 1. The molecule has 0 aliphatic carbocycles. The Kier molecular flexibility index (Phi) is 6.89. The predicted octanol–water partition coefficient (Wildman–Crippen LogP) is 1.34. The molecule has 0 spiro atoms. The Morgan fingerprint density at radius 2 is 1.81 bits per heavy atom. The fourth-order valence-electron chi connectivity index (χ4n) is 2.34. The van der Waals surface area contributed by atoms with Crippen LogP contribution in [0.1, 0.15) is 22.8 Å². The number of carbonyl (C=O) groups excluding carboxylic acids is 2. The normalized spacial score (nSPS) is 10.9. The minimum Gasteiger partial charge on any atom is -0.462 e. The van der Waals surface area contributed by atoms with Gasteiger partial charge in [-0.2, -0.15) is 0 Å². The number of amides is 1. The van der Waals surface area contributed by atoms with Crippen LogP contribution in [0.25, 0.3) is 0 Å². The molecule has 1 aromatic carbocycles. The van der Waals surface area contributed by atoms with E-state index in [1.54, 1.807) is 43.6 Å². The number of para-hydroxylation sites is 1. The van der Waals surface area contributed by atoms with Crippen molar-refractivity contribution in [3.05, 3.63) is 59.9 Å². The number of esters is 1. The largest absolute Gasteiger partial charge is 0.462 e. The maximum Gasteiger partial charge on any atom is 0.340 e. The number of hydrogen-bond acceptors (Lipinski definition) is 6. The van der Waals surface area contributed by atoms with Gasteiger partial charge in [-0.3, -0.25) is 14.1 Å². The number of anilines is 1. The average Bonchev–Trinajstić information content (AvgIpc) is 2.64. The van der Waals surface area contributed by atoms with Crippen LogP contribution in [0.5, 0.6) is 0 Å². The lowest BCUT2D eigenvalue weighted by atomic mass is 10.2. The SMILES string of the molecule is CCOC(=O)c1ccccc1N(CC(=O)NCc1ccncc1)S(C)(=O)=O. The Balaban J connectivity index is 2.22. The van der Waals surface area contributed by atoms with Crippen LogP contribution in [-0.4, -0.2) is 44.7 Å². The number of hydrogen-bond donors (Lipinski definition) is 1. The van der Waals surface area contributed by atoms with Gasteiger partial charge >= 0.3 is 5.97 Å². The van der Waals surface area contributed by atoms with Gasteiger partial charge in [0.05, 0.1) is 24.1 Å². The number of carbonyl (C=O) groups is 2. The number of aromatic nitrogens is 1. The van der Waals surface area contributed by atoms with Crippen molar-refractivity contribution in [1.82, 2.24) is 10.3 Å². The summed E-state index contributed by atoms with van der Waals surface area (Å²) in [6.07, 6.45) is 4.17. The number of sulfonamides is 1. The van der Waals surface area contributed by atoms with Gasteiger partial charge in [-0.25, -0.2) is 13.2 Å². The molecular weight excluding hydrogens is 370 g/mol. The van der Waals surface area contributed by atoms with Crippen LogP contribution in [0.3, 0.4) is 0 Å². The number of rotatable bonds is 8. The van der Waals surface area contributed by atoms with Gasteiger partial charge in [-0.1, -0.05) is 12.1 Å². The zero-order chi connectivity index (χ0) is 19.9. The summed E-state index contributed by atoms with van der Waals surface area (Å²) in [5.41, 5.74) is 1.00. The second-order valence-electron chi connectivity index (χ2n) is 5.64. The summed E-state index contributed by atoms with van der Waals surface area (Å²) < 4.78 is 30.4. The summed E-state index contributed by atoms with van der Waals surface area (Å²) in [5.74, 6) is -1.16. The Bertz CT molecular complexity index is 900. The Morgan fingerprint density at radius 3 is 2.44 bits per heavy atom. The van der Waals surface area contributed by atoms with E-state index in [2.05, 4.69) is 10.3 Å². The minimum atomic E-state index is -3.81. The van der Waals surface area contributed by atoms with E-state index in [0.29, 0.717) is 0 Å². The lowest BCUT2D eigenvalue weighted by Crippen LogP contribution is -2.40. The van der Waals surface area contributed by atoms with E-state index >= 15 is 0 Å². The minimum absolute atomic E-state index is 0.0757. The smallest absolute Gasteiger partial charge is 0.340 e. The summed E-state index contributed by atoms with van der Waals surface area (Å²) in [7, 11) is -3.81. The van der Waals surface area contributed by atoms with Crippen molar-refractivity contribution < 1.29 is 22.7 Å². The van der Waals surface area contributed by atoms with Crippen molar-refractivity contribution >= 4 is 27.6 Å². The van der Waals surface area contributed by atoms with Crippen LogP contribution in [0.15, 0.2) is 48.8 Å².